The van der Waals surface area contributed by atoms with Gasteiger partial charge >= 0.3 is 0 Å². The average molecular weight is 299 g/mol. The summed E-state index contributed by atoms with van der Waals surface area (Å²) < 4.78 is 10.6. The fourth-order valence-corrected chi connectivity index (χ4v) is 3.17. The van der Waals surface area contributed by atoms with Gasteiger partial charge in [0.15, 0.2) is 0 Å². The summed E-state index contributed by atoms with van der Waals surface area (Å²) in [5.41, 5.74) is 1.33. The largest absolute Gasteiger partial charge is 0.497 e. The Kier molecular flexibility index (Phi) is 4.86. The van der Waals surface area contributed by atoms with E-state index in [1.165, 1.54) is 18.4 Å². The molecule has 2 rings (SSSR count). The Morgan fingerprint density at radius 1 is 1.41 bits per heavy atom. The molecule has 1 saturated heterocycles. The molecule has 3 heteroatoms. The van der Waals surface area contributed by atoms with Crippen molar-refractivity contribution in [3.05, 3.63) is 29.8 Å². The summed E-state index contributed by atoms with van der Waals surface area (Å²) in [6, 6.07) is 8.32. The highest BCUT2D eigenvalue weighted by Crippen LogP contribution is 2.27. The minimum Gasteiger partial charge on any atom is -0.497 e. The molecule has 0 amide bonds. The fourth-order valence-electron chi connectivity index (χ4n) is 2.27. The summed E-state index contributed by atoms with van der Waals surface area (Å²) in [4.78, 5) is 0.540. The number of hydrogen-bond acceptors (Lipinski definition) is 2. The first-order valence-corrected chi connectivity index (χ1v) is 7.06. The molecule has 1 fully saturated rings. The number of ether oxygens (including phenoxy) is 2. The third-order valence-corrected chi connectivity index (χ3v) is 4.41. The van der Waals surface area contributed by atoms with Gasteiger partial charge in [0.25, 0.3) is 0 Å². The van der Waals surface area contributed by atoms with Crippen LogP contribution < -0.4 is 4.74 Å². The maximum absolute atomic E-state index is 5.40. The monoisotopic (exact) mass is 298 g/mol. The Morgan fingerprint density at radius 3 is 2.88 bits per heavy atom. The van der Waals surface area contributed by atoms with Crippen molar-refractivity contribution in [3.8, 4) is 5.75 Å². The Bertz CT molecular complexity index is 348. The van der Waals surface area contributed by atoms with Gasteiger partial charge < -0.3 is 9.47 Å². The van der Waals surface area contributed by atoms with E-state index in [-0.39, 0.29) is 0 Å². The molecule has 1 aliphatic rings. The van der Waals surface area contributed by atoms with E-state index >= 15 is 0 Å². The molecule has 0 N–H and O–H groups in total. The van der Waals surface area contributed by atoms with Crippen LogP contribution in [-0.4, -0.2) is 25.2 Å². The van der Waals surface area contributed by atoms with E-state index in [0.29, 0.717) is 4.83 Å². The second kappa shape index (κ2) is 6.41. The van der Waals surface area contributed by atoms with E-state index in [1.807, 2.05) is 6.07 Å². The molecule has 1 aliphatic heterocycles. The van der Waals surface area contributed by atoms with Crippen molar-refractivity contribution in [1.29, 1.82) is 0 Å². The molecule has 0 saturated carbocycles. The van der Waals surface area contributed by atoms with Crippen molar-refractivity contribution in [2.24, 2.45) is 5.92 Å². The first kappa shape index (κ1) is 12.9. The standard InChI is InChI=1S/C14H19BrO2/c1-16-13-4-2-3-11(9-13)10-14(15)12-5-7-17-8-6-12/h2-4,9,12,14H,5-8,10H2,1H3. The molecule has 1 aromatic rings. The predicted octanol–water partition coefficient (Wildman–Crippen LogP) is 3.43. The molecule has 1 unspecified atom stereocenters. The van der Waals surface area contributed by atoms with E-state index in [0.717, 1.165) is 31.3 Å². The zero-order valence-electron chi connectivity index (χ0n) is 10.2. The molecule has 0 spiro atoms. The van der Waals surface area contributed by atoms with Crippen LogP contribution in [0.15, 0.2) is 24.3 Å². The summed E-state index contributed by atoms with van der Waals surface area (Å²) in [5.74, 6) is 1.67. The van der Waals surface area contributed by atoms with Gasteiger partial charge in [-0.2, -0.15) is 0 Å². The van der Waals surface area contributed by atoms with Crippen molar-refractivity contribution in [2.75, 3.05) is 20.3 Å². The molecular formula is C14H19BrO2. The zero-order chi connectivity index (χ0) is 12.1. The molecule has 1 atom stereocenters. The van der Waals surface area contributed by atoms with Crippen LogP contribution in [0.1, 0.15) is 18.4 Å². The smallest absolute Gasteiger partial charge is 0.119 e. The van der Waals surface area contributed by atoms with Crippen LogP contribution in [0.5, 0.6) is 5.75 Å². The van der Waals surface area contributed by atoms with Gasteiger partial charge in [0.1, 0.15) is 5.75 Å². The van der Waals surface area contributed by atoms with Crippen LogP contribution in [0, 0.1) is 5.92 Å². The normalized spacial score (nSPS) is 18.9. The number of benzene rings is 1. The minimum absolute atomic E-state index is 0.540. The minimum atomic E-state index is 0.540. The lowest BCUT2D eigenvalue weighted by Crippen LogP contribution is -2.24. The number of rotatable bonds is 4. The van der Waals surface area contributed by atoms with Crippen molar-refractivity contribution in [2.45, 2.75) is 24.1 Å². The quantitative estimate of drug-likeness (QED) is 0.793. The number of alkyl halides is 1. The highest BCUT2D eigenvalue weighted by atomic mass is 79.9. The number of methoxy groups -OCH3 is 1. The topological polar surface area (TPSA) is 18.5 Å². The van der Waals surface area contributed by atoms with Crippen LogP contribution in [0.25, 0.3) is 0 Å². The highest BCUT2D eigenvalue weighted by molar-refractivity contribution is 9.09. The second-order valence-electron chi connectivity index (χ2n) is 4.52. The highest BCUT2D eigenvalue weighted by Gasteiger charge is 2.21. The average Bonchev–Trinajstić information content (AvgIpc) is 2.40. The third-order valence-electron chi connectivity index (χ3n) is 3.34. The maximum atomic E-state index is 5.40. The predicted molar refractivity (Wildman–Crippen MR) is 73.0 cm³/mol. The zero-order valence-corrected chi connectivity index (χ0v) is 11.8. The Labute approximate surface area is 111 Å². The summed E-state index contributed by atoms with van der Waals surface area (Å²) >= 11 is 3.83. The lowest BCUT2D eigenvalue weighted by Gasteiger charge is -2.26. The Morgan fingerprint density at radius 2 is 2.18 bits per heavy atom. The van der Waals surface area contributed by atoms with Gasteiger partial charge in [-0.3, -0.25) is 0 Å². The van der Waals surface area contributed by atoms with E-state index in [4.69, 9.17) is 9.47 Å². The SMILES string of the molecule is COc1cccc(CC(Br)C2CCOCC2)c1. The van der Waals surface area contributed by atoms with Crippen molar-refractivity contribution in [3.63, 3.8) is 0 Å². The van der Waals surface area contributed by atoms with Crippen LogP contribution >= 0.6 is 15.9 Å². The van der Waals surface area contributed by atoms with E-state index in [2.05, 4.69) is 34.1 Å². The van der Waals surface area contributed by atoms with Crippen LogP contribution in [-0.2, 0) is 11.2 Å². The molecule has 2 nitrogen and oxygen atoms in total. The summed E-state index contributed by atoms with van der Waals surface area (Å²) in [6.45, 7) is 1.82. The number of halogens is 1. The van der Waals surface area contributed by atoms with Gasteiger partial charge in [-0.15, -0.1) is 0 Å². The van der Waals surface area contributed by atoms with Gasteiger partial charge in [0.2, 0.25) is 0 Å². The van der Waals surface area contributed by atoms with Gasteiger partial charge in [-0.25, -0.2) is 0 Å². The summed E-state index contributed by atoms with van der Waals surface area (Å²) in [5, 5.41) is 0. The van der Waals surface area contributed by atoms with Crippen molar-refractivity contribution >= 4 is 15.9 Å². The van der Waals surface area contributed by atoms with Crippen LogP contribution in [0.4, 0.5) is 0 Å². The molecular weight excluding hydrogens is 280 g/mol. The number of hydrogen-bond donors (Lipinski definition) is 0. The first-order chi connectivity index (χ1) is 8.29. The third kappa shape index (κ3) is 3.71. The molecule has 1 aromatic carbocycles. The lowest BCUT2D eigenvalue weighted by molar-refractivity contribution is 0.0662. The lowest BCUT2D eigenvalue weighted by atomic mass is 9.92. The van der Waals surface area contributed by atoms with Crippen LogP contribution in [0.2, 0.25) is 0 Å². The van der Waals surface area contributed by atoms with Crippen molar-refractivity contribution in [1.82, 2.24) is 0 Å². The summed E-state index contributed by atoms with van der Waals surface area (Å²) in [7, 11) is 1.71. The molecule has 17 heavy (non-hydrogen) atoms. The van der Waals surface area contributed by atoms with Gasteiger partial charge in [0.05, 0.1) is 7.11 Å². The molecule has 0 bridgehead atoms. The molecule has 0 aliphatic carbocycles. The molecule has 0 aromatic heterocycles. The fraction of sp³-hybridized carbons (Fsp3) is 0.571. The first-order valence-electron chi connectivity index (χ1n) is 6.14. The molecule has 0 radical (unpaired) electrons. The van der Waals surface area contributed by atoms with Gasteiger partial charge in [-0.05, 0) is 42.9 Å². The second-order valence-corrected chi connectivity index (χ2v) is 5.70. The van der Waals surface area contributed by atoms with Crippen LogP contribution in [0.3, 0.4) is 0 Å². The van der Waals surface area contributed by atoms with E-state index in [9.17, 15) is 0 Å². The van der Waals surface area contributed by atoms with Crippen molar-refractivity contribution < 1.29 is 9.47 Å². The van der Waals surface area contributed by atoms with Gasteiger partial charge in [-0.1, -0.05) is 28.1 Å². The molecule has 94 valence electrons. The van der Waals surface area contributed by atoms with Gasteiger partial charge in [0, 0.05) is 18.0 Å². The maximum Gasteiger partial charge on any atom is 0.119 e. The summed E-state index contributed by atoms with van der Waals surface area (Å²) in [6.07, 6.45) is 3.39. The molecule has 1 heterocycles. The van der Waals surface area contributed by atoms with E-state index < -0.39 is 0 Å². The Balaban J connectivity index is 1.94. The Hall–Kier alpha value is -0.540. The van der Waals surface area contributed by atoms with E-state index in [1.54, 1.807) is 7.11 Å².